The number of hydrogen-bond acceptors (Lipinski definition) is 4. The van der Waals surface area contributed by atoms with Crippen LogP contribution in [-0.2, 0) is 0 Å². The molecule has 0 saturated heterocycles. The second kappa shape index (κ2) is 6.13. The third-order valence-electron chi connectivity index (χ3n) is 4.59. The summed E-state index contributed by atoms with van der Waals surface area (Å²) in [5.74, 6) is 1.94. The average molecular weight is 334 g/mol. The molecule has 25 heavy (non-hydrogen) atoms. The molecular formula is C21H18O4. The Morgan fingerprint density at radius 3 is 2.60 bits per heavy atom. The van der Waals surface area contributed by atoms with E-state index in [9.17, 15) is 4.79 Å². The number of para-hydroxylation sites is 1. The Morgan fingerprint density at radius 2 is 1.80 bits per heavy atom. The molecule has 4 nitrogen and oxygen atoms in total. The minimum atomic E-state index is -0.407. The first-order chi connectivity index (χ1) is 12.2. The summed E-state index contributed by atoms with van der Waals surface area (Å²) in [6, 6.07) is 17.3. The Labute approximate surface area is 145 Å². The number of ketones is 1. The minimum Gasteiger partial charge on any atom is -0.493 e. The summed E-state index contributed by atoms with van der Waals surface area (Å²) in [6.07, 6.45) is -0.134. The molecule has 0 radical (unpaired) electrons. The molecule has 1 heterocycles. The van der Waals surface area contributed by atoms with E-state index in [1.807, 2.05) is 54.6 Å². The molecule has 3 aromatic carbocycles. The van der Waals surface area contributed by atoms with E-state index >= 15 is 0 Å². The Balaban J connectivity index is 1.84. The van der Waals surface area contributed by atoms with Crippen LogP contribution >= 0.6 is 0 Å². The number of benzene rings is 3. The first kappa shape index (κ1) is 15.5. The predicted octanol–water partition coefficient (Wildman–Crippen LogP) is 4.56. The number of hydrogen-bond donors (Lipinski definition) is 0. The van der Waals surface area contributed by atoms with Gasteiger partial charge in [0.1, 0.15) is 11.9 Å². The first-order valence-corrected chi connectivity index (χ1v) is 8.15. The molecule has 0 saturated carbocycles. The zero-order valence-corrected chi connectivity index (χ0v) is 14.1. The van der Waals surface area contributed by atoms with Gasteiger partial charge in [0.2, 0.25) is 0 Å². The van der Waals surface area contributed by atoms with Crippen molar-refractivity contribution in [3.05, 3.63) is 65.7 Å². The number of methoxy groups -OCH3 is 2. The molecule has 0 amide bonds. The van der Waals surface area contributed by atoms with E-state index in [2.05, 4.69) is 0 Å². The maximum absolute atomic E-state index is 12.7. The molecule has 1 aliphatic heterocycles. The van der Waals surface area contributed by atoms with Gasteiger partial charge in [-0.15, -0.1) is 0 Å². The molecule has 0 bridgehead atoms. The van der Waals surface area contributed by atoms with Crippen molar-refractivity contribution in [3.8, 4) is 17.2 Å². The summed E-state index contributed by atoms with van der Waals surface area (Å²) in [4.78, 5) is 12.7. The molecule has 1 atom stereocenters. The summed E-state index contributed by atoms with van der Waals surface area (Å²) < 4.78 is 17.2. The Morgan fingerprint density at radius 1 is 0.960 bits per heavy atom. The Kier molecular flexibility index (Phi) is 3.80. The molecule has 3 aromatic rings. The van der Waals surface area contributed by atoms with Crippen LogP contribution in [-0.4, -0.2) is 20.0 Å². The predicted molar refractivity (Wildman–Crippen MR) is 95.8 cm³/mol. The Bertz CT molecular complexity index is 961. The number of Topliss-reactive ketones (excluding diaryl/α,β-unsaturated/α-hetero) is 1. The second-order valence-electron chi connectivity index (χ2n) is 5.98. The summed E-state index contributed by atoms with van der Waals surface area (Å²) in [7, 11) is 3.19. The van der Waals surface area contributed by atoms with Crippen molar-refractivity contribution >= 4 is 16.6 Å². The number of ether oxygens (including phenoxy) is 3. The second-order valence-corrected chi connectivity index (χ2v) is 5.98. The van der Waals surface area contributed by atoms with Crippen molar-refractivity contribution in [2.24, 2.45) is 0 Å². The van der Waals surface area contributed by atoms with Crippen LogP contribution in [0.3, 0.4) is 0 Å². The van der Waals surface area contributed by atoms with Gasteiger partial charge in [-0.05, 0) is 17.5 Å². The smallest absolute Gasteiger partial charge is 0.170 e. The lowest BCUT2D eigenvalue weighted by Crippen LogP contribution is -2.21. The maximum atomic E-state index is 12.7. The molecule has 4 rings (SSSR count). The Hall–Kier alpha value is -3.01. The van der Waals surface area contributed by atoms with Crippen LogP contribution in [0.1, 0.15) is 28.4 Å². The minimum absolute atomic E-state index is 0.0712. The van der Waals surface area contributed by atoms with Crippen LogP contribution in [0.4, 0.5) is 0 Å². The molecule has 0 aliphatic carbocycles. The van der Waals surface area contributed by atoms with Crippen LogP contribution in [0, 0.1) is 0 Å². The van der Waals surface area contributed by atoms with Gasteiger partial charge in [-0.1, -0.05) is 42.5 Å². The highest BCUT2D eigenvalue weighted by Gasteiger charge is 2.31. The maximum Gasteiger partial charge on any atom is 0.170 e. The van der Waals surface area contributed by atoms with Crippen LogP contribution in [0.25, 0.3) is 10.8 Å². The number of carbonyl (C=O) groups excluding carboxylic acids is 1. The molecule has 4 heteroatoms. The lowest BCUT2D eigenvalue weighted by atomic mass is 9.93. The van der Waals surface area contributed by atoms with Crippen LogP contribution in [0.15, 0.2) is 54.6 Å². The summed E-state index contributed by atoms with van der Waals surface area (Å²) in [5.41, 5.74) is 1.45. The van der Waals surface area contributed by atoms with Crippen molar-refractivity contribution in [1.82, 2.24) is 0 Å². The number of rotatable bonds is 3. The fourth-order valence-electron chi connectivity index (χ4n) is 3.39. The SMILES string of the molecule is COc1cccc(C2CC(=O)c3ccc4ccccc4c3O2)c1OC. The molecule has 0 N–H and O–H groups in total. The number of fused-ring (bicyclic) bond motifs is 3. The summed E-state index contributed by atoms with van der Waals surface area (Å²) in [5, 5.41) is 1.99. The lowest BCUT2D eigenvalue weighted by molar-refractivity contribution is 0.0850. The van der Waals surface area contributed by atoms with E-state index in [-0.39, 0.29) is 12.2 Å². The van der Waals surface area contributed by atoms with E-state index in [4.69, 9.17) is 14.2 Å². The molecule has 1 unspecified atom stereocenters. The van der Waals surface area contributed by atoms with Gasteiger partial charge in [-0.2, -0.15) is 0 Å². The fraction of sp³-hybridized carbons (Fsp3) is 0.190. The van der Waals surface area contributed by atoms with E-state index in [1.165, 1.54) is 0 Å². The quantitative estimate of drug-likeness (QED) is 0.704. The van der Waals surface area contributed by atoms with E-state index < -0.39 is 6.10 Å². The molecular weight excluding hydrogens is 316 g/mol. The summed E-state index contributed by atoms with van der Waals surface area (Å²) >= 11 is 0. The third kappa shape index (κ3) is 2.50. The van der Waals surface area contributed by atoms with Gasteiger partial charge >= 0.3 is 0 Å². The van der Waals surface area contributed by atoms with Gasteiger partial charge in [-0.3, -0.25) is 4.79 Å². The van der Waals surface area contributed by atoms with Gasteiger partial charge in [0.25, 0.3) is 0 Å². The van der Waals surface area contributed by atoms with Crippen molar-refractivity contribution in [2.75, 3.05) is 14.2 Å². The van der Waals surface area contributed by atoms with E-state index in [0.29, 0.717) is 22.8 Å². The molecule has 126 valence electrons. The van der Waals surface area contributed by atoms with Crippen LogP contribution < -0.4 is 14.2 Å². The van der Waals surface area contributed by atoms with Crippen molar-refractivity contribution in [3.63, 3.8) is 0 Å². The monoisotopic (exact) mass is 334 g/mol. The molecule has 0 fully saturated rings. The van der Waals surface area contributed by atoms with Gasteiger partial charge in [0, 0.05) is 10.9 Å². The largest absolute Gasteiger partial charge is 0.493 e. The number of carbonyl (C=O) groups is 1. The van der Waals surface area contributed by atoms with Crippen LogP contribution in [0.5, 0.6) is 17.2 Å². The fourth-order valence-corrected chi connectivity index (χ4v) is 3.39. The van der Waals surface area contributed by atoms with Crippen molar-refractivity contribution < 1.29 is 19.0 Å². The topological polar surface area (TPSA) is 44.8 Å². The van der Waals surface area contributed by atoms with Gasteiger partial charge < -0.3 is 14.2 Å². The lowest BCUT2D eigenvalue weighted by Gasteiger charge is -2.28. The van der Waals surface area contributed by atoms with Crippen LogP contribution in [0.2, 0.25) is 0 Å². The van der Waals surface area contributed by atoms with E-state index in [0.717, 1.165) is 16.3 Å². The molecule has 0 aromatic heterocycles. The standard InChI is InChI=1S/C21H18O4/c1-23-18-9-5-8-16(21(18)24-2)19-12-17(22)15-11-10-13-6-3-4-7-14(13)20(15)25-19/h3-11,19H,12H2,1-2H3. The highest BCUT2D eigenvalue weighted by molar-refractivity contribution is 6.06. The zero-order chi connectivity index (χ0) is 17.4. The highest BCUT2D eigenvalue weighted by atomic mass is 16.5. The van der Waals surface area contributed by atoms with Gasteiger partial charge in [0.05, 0.1) is 26.2 Å². The normalized spacial score (nSPS) is 16.2. The van der Waals surface area contributed by atoms with Gasteiger partial charge in [-0.25, -0.2) is 0 Å². The van der Waals surface area contributed by atoms with E-state index in [1.54, 1.807) is 14.2 Å². The third-order valence-corrected chi connectivity index (χ3v) is 4.59. The van der Waals surface area contributed by atoms with Crippen molar-refractivity contribution in [1.29, 1.82) is 0 Å². The van der Waals surface area contributed by atoms with Gasteiger partial charge in [0.15, 0.2) is 17.3 Å². The average Bonchev–Trinajstić information content (AvgIpc) is 2.66. The zero-order valence-electron chi connectivity index (χ0n) is 14.1. The van der Waals surface area contributed by atoms with Crippen molar-refractivity contribution in [2.45, 2.75) is 12.5 Å². The molecule has 0 spiro atoms. The first-order valence-electron chi connectivity index (χ1n) is 8.15. The highest BCUT2D eigenvalue weighted by Crippen LogP contribution is 2.43. The molecule has 1 aliphatic rings. The summed E-state index contributed by atoms with van der Waals surface area (Å²) in [6.45, 7) is 0.